The Balaban J connectivity index is 1.66. The molecule has 0 saturated carbocycles. The topological polar surface area (TPSA) is 43.4 Å². The normalized spacial score (nSPS) is 31.6. The highest BCUT2D eigenvalue weighted by Gasteiger charge is 2.42. The van der Waals surface area contributed by atoms with Crippen LogP contribution < -0.4 is 5.32 Å². The standard InChI is InChI=1S/C16H24N2O2/c1-17-15(10-14-4-2-3-7-18-14)13-5-8-20-16(11-13)6-9-19-12-16/h2-4,7,13,15,17H,5-6,8-12H2,1H3. The Morgan fingerprint density at radius 3 is 3.10 bits per heavy atom. The fraction of sp³-hybridized carbons (Fsp3) is 0.688. The van der Waals surface area contributed by atoms with E-state index in [2.05, 4.69) is 29.5 Å². The first-order chi connectivity index (χ1) is 9.81. The molecular formula is C16H24N2O2. The van der Waals surface area contributed by atoms with E-state index in [4.69, 9.17) is 9.47 Å². The number of rotatable bonds is 4. The number of likely N-dealkylation sites (N-methyl/N-ethyl adjacent to an activating group) is 1. The van der Waals surface area contributed by atoms with Gasteiger partial charge in [-0.3, -0.25) is 4.98 Å². The summed E-state index contributed by atoms with van der Waals surface area (Å²) in [5, 5.41) is 3.49. The maximum absolute atomic E-state index is 6.03. The lowest BCUT2D eigenvalue weighted by atomic mass is 9.80. The van der Waals surface area contributed by atoms with Gasteiger partial charge >= 0.3 is 0 Å². The van der Waals surface area contributed by atoms with Crippen molar-refractivity contribution in [3.05, 3.63) is 30.1 Å². The summed E-state index contributed by atoms with van der Waals surface area (Å²) in [6.07, 6.45) is 6.13. The maximum Gasteiger partial charge on any atom is 0.0939 e. The Hall–Kier alpha value is -0.970. The van der Waals surface area contributed by atoms with Gasteiger partial charge in [0.05, 0.1) is 12.2 Å². The van der Waals surface area contributed by atoms with Gasteiger partial charge in [0, 0.05) is 44.0 Å². The lowest BCUT2D eigenvalue weighted by Crippen LogP contribution is -2.47. The molecule has 3 rings (SSSR count). The minimum atomic E-state index is -0.0118. The predicted octanol–water partition coefficient (Wildman–Crippen LogP) is 1.80. The summed E-state index contributed by atoms with van der Waals surface area (Å²) in [5.41, 5.74) is 1.15. The first-order valence-corrected chi connectivity index (χ1v) is 7.60. The summed E-state index contributed by atoms with van der Waals surface area (Å²) in [6, 6.07) is 6.60. The van der Waals surface area contributed by atoms with Crippen molar-refractivity contribution in [1.82, 2.24) is 10.3 Å². The SMILES string of the molecule is CNC(Cc1ccccn1)C1CCOC2(CCOC2)C1. The van der Waals surface area contributed by atoms with Gasteiger partial charge < -0.3 is 14.8 Å². The number of nitrogens with zero attached hydrogens (tertiary/aromatic N) is 1. The maximum atomic E-state index is 6.03. The summed E-state index contributed by atoms with van der Waals surface area (Å²) in [4.78, 5) is 4.45. The molecule has 3 unspecified atom stereocenters. The van der Waals surface area contributed by atoms with Gasteiger partial charge in [-0.1, -0.05) is 6.07 Å². The van der Waals surface area contributed by atoms with Crippen molar-refractivity contribution >= 4 is 0 Å². The fourth-order valence-electron chi connectivity index (χ4n) is 3.52. The molecule has 2 aliphatic heterocycles. The van der Waals surface area contributed by atoms with Gasteiger partial charge in [0.2, 0.25) is 0 Å². The van der Waals surface area contributed by atoms with Crippen LogP contribution in [0.15, 0.2) is 24.4 Å². The van der Waals surface area contributed by atoms with Crippen molar-refractivity contribution in [2.45, 2.75) is 37.3 Å². The molecule has 0 amide bonds. The molecule has 0 radical (unpaired) electrons. The summed E-state index contributed by atoms with van der Waals surface area (Å²) in [5.74, 6) is 0.637. The van der Waals surface area contributed by atoms with Crippen molar-refractivity contribution in [3.8, 4) is 0 Å². The number of aromatic nitrogens is 1. The van der Waals surface area contributed by atoms with Gasteiger partial charge in [-0.25, -0.2) is 0 Å². The predicted molar refractivity (Wildman–Crippen MR) is 77.6 cm³/mol. The summed E-state index contributed by atoms with van der Waals surface area (Å²) < 4.78 is 11.6. The lowest BCUT2D eigenvalue weighted by molar-refractivity contribution is -0.102. The van der Waals surface area contributed by atoms with E-state index in [1.807, 2.05) is 12.3 Å². The number of hydrogen-bond donors (Lipinski definition) is 1. The molecule has 0 aromatic carbocycles. The smallest absolute Gasteiger partial charge is 0.0939 e. The number of nitrogens with one attached hydrogen (secondary N) is 1. The van der Waals surface area contributed by atoms with Crippen molar-refractivity contribution in [2.75, 3.05) is 26.9 Å². The third kappa shape index (κ3) is 3.03. The van der Waals surface area contributed by atoms with Crippen LogP contribution in [0.5, 0.6) is 0 Å². The molecule has 2 fully saturated rings. The molecule has 1 N–H and O–H groups in total. The molecule has 3 atom stereocenters. The van der Waals surface area contributed by atoms with Crippen LogP contribution in [0.2, 0.25) is 0 Å². The second-order valence-corrected chi connectivity index (χ2v) is 6.01. The van der Waals surface area contributed by atoms with Crippen molar-refractivity contribution in [1.29, 1.82) is 0 Å². The van der Waals surface area contributed by atoms with Crippen LogP contribution in [0.1, 0.15) is 25.0 Å². The van der Waals surface area contributed by atoms with Crippen LogP contribution in [0.4, 0.5) is 0 Å². The van der Waals surface area contributed by atoms with Crippen molar-refractivity contribution in [3.63, 3.8) is 0 Å². The molecule has 1 aromatic heterocycles. The molecule has 3 heterocycles. The molecule has 1 aromatic rings. The molecule has 20 heavy (non-hydrogen) atoms. The minimum absolute atomic E-state index is 0.0118. The Labute approximate surface area is 120 Å². The fourth-order valence-corrected chi connectivity index (χ4v) is 3.52. The third-order valence-electron chi connectivity index (χ3n) is 4.69. The summed E-state index contributed by atoms with van der Waals surface area (Å²) in [7, 11) is 2.06. The van der Waals surface area contributed by atoms with Crippen LogP contribution in [0.25, 0.3) is 0 Å². The van der Waals surface area contributed by atoms with Gasteiger partial charge in [0.1, 0.15) is 0 Å². The number of ether oxygens (including phenoxy) is 2. The molecule has 110 valence electrons. The average Bonchev–Trinajstić information content (AvgIpc) is 2.93. The number of hydrogen-bond acceptors (Lipinski definition) is 4. The van der Waals surface area contributed by atoms with Crippen LogP contribution >= 0.6 is 0 Å². The van der Waals surface area contributed by atoms with E-state index in [0.717, 1.165) is 51.2 Å². The second kappa shape index (κ2) is 6.20. The van der Waals surface area contributed by atoms with E-state index >= 15 is 0 Å². The van der Waals surface area contributed by atoms with E-state index in [1.165, 1.54) is 0 Å². The van der Waals surface area contributed by atoms with E-state index in [-0.39, 0.29) is 5.60 Å². The molecule has 1 spiro atoms. The molecule has 2 saturated heterocycles. The number of pyridine rings is 1. The summed E-state index contributed by atoms with van der Waals surface area (Å²) in [6.45, 7) is 2.47. The molecule has 4 heteroatoms. The molecular weight excluding hydrogens is 252 g/mol. The van der Waals surface area contributed by atoms with Crippen LogP contribution in [0, 0.1) is 5.92 Å². The van der Waals surface area contributed by atoms with E-state index < -0.39 is 0 Å². The van der Waals surface area contributed by atoms with Gasteiger partial charge in [0.15, 0.2) is 0 Å². The van der Waals surface area contributed by atoms with Gasteiger partial charge in [-0.15, -0.1) is 0 Å². The zero-order valence-electron chi connectivity index (χ0n) is 12.2. The van der Waals surface area contributed by atoms with Crippen molar-refractivity contribution < 1.29 is 9.47 Å². The molecule has 0 bridgehead atoms. The second-order valence-electron chi connectivity index (χ2n) is 6.01. The van der Waals surface area contributed by atoms with E-state index in [9.17, 15) is 0 Å². The lowest BCUT2D eigenvalue weighted by Gasteiger charge is -2.40. The van der Waals surface area contributed by atoms with Crippen LogP contribution in [-0.4, -0.2) is 43.5 Å². The zero-order chi connectivity index (χ0) is 13.8. The van der Waals surface area contributed by atoms with E-state index in [1.54, 1.807) is 0 Å². The van der Waals surface area contributed by atoms with E-state index in [0.29, 0.717) is 12.0 Å². The zero-order valence-corrected chi connectivity index (χ0v) is 12.2. The Kier molecular flexibility index (Phi) is 4.34. The summed E-state index contributed by atoms with van der Waals surface area (Å²) >= 11 is 0. The van der Waals surface area contributed by atoms with Gasteiger partial charge in [-0.05, 0) is 37.9 Å². The molecule has 2 aliphatic rings. The first-order valence-electron chi connectivity index (χ1n) is 7.60. The van der Waals surface area contributed by atoms with Crippen LogP contribution in [-0.2, 0) is 15.9 Å². The largest absolute Gasteiger partial charge is 0.378 e. The average molecular weight is 276 g/mol. The van der Waals surface area contributed by atoms with Crippen LogP contribution in [0.3, 0.4) is 0 Å². The highest BCUT2D eigenvalue weighted by Crippen LogP contribution is 2.37. The Bertz CT molecular complexity index is 418. The first kappa shape index (κ1) is 14.0. The van der Waals surface area contributed by atoms with Gasteiger partial charge in [0.25, 0.3) is 0 Å². The quantitative estimate of drug-likeness (QED) is 0.910. The molecule has 0 aliphatic carbocycles. The molecule has 4 nitrogen and oxygen atoms in total. The highest BCUT2D eigenvalue weighted by molar-refractivity contribution is 5.06. The highest BCUT2D eigenvalue weighted by atomic mass is 16.6. The Morgan fingerprint density at radius 2 is 2.40 bits per heavy atom. The van der Waals surface area contributed by atoms with Gasteiger partial charge in [-0.2, -0.15) is 0 Å². The monoisotopic (exact) mass is 276 g/mol. The van der Waals surface area contributed by atoms with Crippen molar-refractivity contribution in [2.24, 2.45) is 5.92 Å². The minimum Gasteiger partial charge on any atom is -0.378 e. The Morgan fingerprint density at radius 1 is 1.45 bits per heavy atom. The third-order valence-corrected chi connectivity index (χ3v) is 4.69.